The smallest absolute Gasteiger partial charge is 0.338 e. The van der Waals surface area contributed by atoms with E-state index in [0.717, 1.165) is 11.1 Å². The number of nitrogens with zero attached hydrogens (tertiary/aromatic N) is 2. The van der Waals surface area contributed by atoms with Crippen LogP contribution in [0.1, 0.15) is 29.7 Å². The Morgan fingerprint density at radius 3 is 2.46 bits per heavy atom. The van der Waals surface area contributed by atoms with E-state index in [2.05, 4.69) is 0 Å². The van der Waals surface area contributed by atoms with Crippen LogP contribution in [0.5, 0.6) is 11.5 Å². The molecule has 2 heterocycles. The maximum atomic E-state index is 13.8. The molecule has 37 heavy (non-hydrogen) atoms. The highest BCUT2D eigenvalue weighted by molar-refractivity contribution is 7.07. The molecule has 0 unspecified atom stereocenters. The summed E-state index contributed by atoms with van der Waals surface area (Å²) in [6.07, 6.45) is 1.73. The van der Waals surface area contributed by atoms with Crippen LogP contribution in [0.15, 0.2) is 94.2 Å². The number of hydrogen-bond donors (Lipinski definition) is 1. The number of aromatic nitrogens is 1. The van der Waals surface area contributed by atoms with E-state index in [4.69, 9.17) is 14.5 Å². The third-order valence-corrected chi connectivity index (χ3v) is 6.97. The predicted molar refractivity (Wildman–Crippen MR) is 142 cm³/mol. The molecular formula is C29H24N2O5S. The number of ether oxygens (including phenoxy) is 2. The van der Waals surface area contributed by atoms with Gasteiger partial charge in [-0.15, -0.1) is 0 Å². The van der Waals surface area contributed by atoms with Crippen molar-refractivity contribution in [3.8, 4) is 11.5 Å². The molecule has 0 aliphatic carbocycles. The van der Waals surface area contributed by atoms with Crippen LogP contribution in [-0.2, 0) is 9.53 Å². The summed E-state index contributed by atoms with van der Waals surface area (Å²) < 4.78 is 12.7. The van der Waals surface area contributed by atoms with Crippen molar-refractivity contribution in [2.24, 2.45) is 4.99 Å². The zero-order chi connectivity index (χ0) is 25.9. The maximum Gasteiger partial charge on any atom is 0.338 e. The van der Waals surface area contributed by atoms with Crippen LogP contribution in [-0.4, -0.2) is 29.4 Å². The Hall–Kier alpha value is -4.43. The predicted octanol–water partition coefficient (Wildman–Crippen LogP) is 3.65. The standard InChI is InChI=1S/C29H24N2O5S/c1-3-36-28(34)24-25(19-10-6-4-7-11-19)30-29-31(26(24)20-12-8-5-9-13-20)27(33)23(37-29)17-18-14-15-21(32)22(16-18)35-2/h4-17,26,32H,3H2,1-2H3/b23-17-/t26-/m0/s1. The van der Waals surface area contributed by atoms with Gasteiger partial charge < -0.3 is 14.6 Å². The lowest BCUT2D eigenvalue weighted by atomic mass is 9.93. The van der Waals surface area contributed by atoms with Gasteiger partial charge in [-0.1, -0.05) is 78.1 Å². The van der Waals surface area contributed by atoms with Gasteiger partial charge in [0.15, 0.2) is 16.3 Å². The summed E-state index contributed by atoms with van der Waals surface area (Å²) in [6, 6.07) is 23.0. The molecule has 0 radical (unpaired) electrons. The van der Waals surface area contributed by atoms with Crippen LogP contribution >= 0.6 is 11.3 Å². The SMILES string of the molecule is CCOC(=O)C1=C(c2ccccc2)N=c2s/c(=C\c3ccc(O)c(OC)c3)c(=O)n2[C@H]1c1ccccc1. The quantitative estimate of drug-likeness (QED) is 0.399. The van der Waals surface area contributed by atoms with Crippen molar-refractivity contribution in [3.63, 3.8) is 0 Å². The molecule has 1 aliphatic heterocycles. The van der Waals surface area contributed by atoms with Crippen LogP contribution in [0.2, 0.25) is 0 Å². The summed E-state index contributed by atoms with van der Waals surface area (Å²) in [5.74, 6) is -0.201. The monoisotopic (exact) mass is 512 g/mol. The molecular weight excluding hydrogens is 488 g/mol. The third-order valence-electron chi connectivity index (χ3n) is 5.99. The number of phenols is 1. The van der Waals surface area contributed by atoms with E-state index in [-0.39, 0.29) is 17.9 Å². The molecule has 0 saturated carbocycles. The molecule has 0 fully saturated rings. The first-order valence-electron chi connectivity index (χ1n) is 11.7. The first-order chi connectivity index (χ1) is 18.0. The number of phenolic OH excluding ortho intramolecular Hbond substituents is 1. The molecule has 0 saturated heterocycles. The van der Waals surface area contributed by atoms with Crippen LogP contribution in [0, 0.1) is 0 Å². The summed E-state index contributed by atoms with van der Waals surface area (Å²) in [5.41, 5.74) is 2.72. The van der Waals surface area contributed by atoms with E-state index < -0.39 is 12.0 Å². The van der Waals surface area contributed by atoms with E-state index in [1.807, 2.05) is 60.7 Å². The zero-order valence-corrected chi connectivity index (χ0v) is 21.1. The van der Waals surface area contributed by atoms with E-state index in [1.165, 1.54) is 24.5 Å². The molecule has 4 aromatic rings. The molecule has 0 amide bonds. The lowest BCUT2D eigenvalue weighted by molar-refractivity contribution is -0.138. The van der Waals surface area contributed by atoms with Gasteiger partial charge >= 0.3 is 5.97 Å². The van der Waals surface area contributed by atoms with Crippen molar-refractivity contribution in [2.75, 3.05) is 13.7 Å². The second-order valence-electron chi connectivity index (χ2n) is 8.27. The summed E-state index contributed by atoms with van der Waals surface area (Å²) in [7, 11) is 1.47. The molecule has 1 aliphatic rings. The fraction of sp³-hybridized carbons (Fsp3) is 0.138. The Morgan fingerprint density at radius 1 is 1.08 bits per heavy atom. The molecule has 5 rings (SSSR count). The van der Waals surface area contributed by atoms with Gasteiger partial charge in [-0.25, -0.2) is 9.79 Å². The number of esters is 1. The lowest BCUT2D eigenvalue weighted by Crippen LogP contribution is -2.39. The number of aromatic hydroxyl groups is 1. The Kier molecular flexibility index (Phi) is 6.74. The molecule has 0 bridgehead atoms. The Labute approximate surface area is 216 Å². The second kappa shape index (κ2) is 10.3. The minimum absolute atomic E-state index is 0.0109. The maximum absolute atomic E-state index is 13.8. The van der Waals surface area contributed by atoms with Crippen molar-refractivity contribution in [1.29, 1.82) is 0 Å². The van der Waals surface area contributed by atoms with Crippen LogP contribution in [0.25, 0.3) is 11.8 Å². The van der Waals surface area contributed by atoms with Crippen molar-refractivity contribution in [1.82, 2.24) is 4.57 Å². The summed E-state index contributed by atoms with van der Waals surface area (Å²) in [5, 5.41) is 9.94. The van der Waals surface area contributed by atoms with E-state index in [0.29, 0.717) is 31.9 Å². The fourth-order valence-electron chi connectivity index (χ4n) is 4.33. The number of methoxy groups -OCH3 is 1. The fourth-order valence-corrected chi connectivity index (χ4v) is 5.33. The van der Waals surface area contributed by atoms with Crippen molar-refractivity contribution >= 4 is 29.1 Å². The highest BCUT2D eigenvalue weighted by atomic mass is 32.1. The Morgan fingerprint density at radius 2 is 1.78 bits per heavy atom. The number of benzene rings is 3. The Balaban J connectivity index is 1.81. The van der Waals surface area contributed by atoms with Gasteiger partial charge in [-0.3, -0.25) is 9.36 Å². The molecule has 1 atom stereocenters. The van der Waals surface area contributed by atoms with Crippen LogP contribution in [0.3, 0.4) is 0 Å². The van der Waals surface area contributed by atoms with Gasteiger partial charge in [0.2, 0.25) is 0 Å². The summed E-state index contributed by atoms with van der Waals surface area (Å²) in [4.78, 5) is 32.5. The average Bonchev–Trinajstić information content (AvgIpc) is 3.24. The van der Waals surface area contributed by atoms with Gasteiger partial charge in [0.25, 0.3) is 5.56 Å². The molecule has 186 valence electrons. The first kappa shape index (κ1) is 24.3. The molecule has 7 nitrogen and oxygen atoms in total. The molecule has 0 spiro atoms. The van der Waals surface area contributed by atoms with Crippen molar-refractivity contribution in [2.45, 2.75) is 13.0 Å². The molecule has 1 N–H and O–H groups in total. The Bertz CT molecular complexity index is 1670. The van der Waals surface area contributed by atoms with Gasteiger partial charge in [0.1, 0.15) is 0 Å². The molecule has 8 heteroatoms. The highest BCUT2D eigenvalue weighted by Gasteiger charge is 2.35. The minimum atomic E-state index is -0.719. The number of fused-ring (bicyclic) bond motifs is 1. The molecule has 3 aromatic carbocycles. The van der Waals surface area contributed by atoms with Gasteiger partial charge in [-0.2, -0.15) is 0 Å². The average molecular weight is 513 g/mol. The van der Waals surface area contributed by atoms with Crippen LogP contribution in [0.4, 0.5) is 0 Å². The normalized spacial score (nSPS) is 15.2. The topological polar surface area (TPSA) is 90.1 Å². The lowest BCUT2D eigenvalue weighted by Gasteiger charge is -2.25. The second-order valence-corrected chi connectivity index (χ2v) is 9.28. The number of carbonyl (C=O) groups is 1. The van der Waals surface area contributed by atoms with E-state index in [9.17, 15) is 14.7 Å². The van der Waals surface area contributed by atoms with Gasteiger partial charge in [0.05, 0.1) is 35.6 Å². The van der Waals surface area contributed by atoms with E-state index >= 15 is 0 Å². The van der Waals surface area contributed by atoms with Gasteiger partial charge in [-0.05, 0) is 36.3 Å². The first-order valence-corrected chi connectivity index (χ1v) is 12.5. The van der Waals surface area contributed by atoms with Gasteiger partial charge in [0, 0.05) is 5.56 Å². The minimum Gasteiger partial charge on any atom is -0.504 e. The highest BCUT2D eigenvalue weighted by Crippen LogP contribution is 2.35. The van der Waals surface area contributed by atoms with Crippen molar-refractivity contribution in [3.05, 3.63) is 121 Å². The largest absolute Gasteiger partial charge is 0.504 e. The third kappa shape index (κ3) is 4.59. The van der Waals surface area contributed by atoms with Crippen molar-refractivity contribution < 1.29 is 19.4 Å². The summed E-state index contributed by atoms with van der Waals surface area (Å²) >= 11 is 1.24. The zero-order valence-electron chi connectivity index (χ0n) is 20.3. The number of rotatable bonds is 6. The number of hydrogen-bond acceptors (Lipinski definition) is 7. The number of thiazole rings is 1. The molecule has 1 aromatic heterocycles. The van der Waals surface area contributed by atoms with Crippen LogP contribution < -0.4 is 19.6 Å². The summed E-state index contributed by atoms with van der Waals surface area (Å²) in [6.45, 7) is 1.94. The number of carbonyl (C=O) groups excluding carboxylic acids is 1. The van der Waals surface area contributed by atoms with E-state index in [1.54, 1.807) is 29.7 Å².